The number of halogens is 1. The number of rotatable bonds is 5. The molecule has 122 valence electrons. The lowest BCUT2D eigenvalue weighted by atomic mass is 9.86. The molecule has 4 heteroatoms. The molecule has 1 aliphatic carbocycles. The number of likely N-dealkylation sites (N-methyl/N-ethyl adjacent to an activating group) is 1. The van der Waals surface area contributed by atoms with Gasteiger partial charge in [-0.2, -0.15) is 0 Å². The highest BCUT2D eigenvalue weighted by atomic mass is 19.1. The molecule has 3 atom stereocenters. The summed E-state index contributed by atoms with van der Waals surface area (Å²) in [5.74, 6) is 0.363. The summed E-state index contributed by atoms with van der Waals surface area (Å²) in [7, 11) is 1.86. The molecule has 1 aromatic carbocycles. The van der Waals surface area contributed by atoms with E-state index >= 15 is 0 Å². The number of nitrogens with one attached hydrogen (secondary N) is 1. The van der Waals surface area contributed by atoms with Gasteiger partial charge in [0, 0.05) is 18.2 Å². The van der Waals surface area contributed by atoms with Crippen LogP contribution in [0.25, 0.3) is 0 Å². The van der Waals surface area contributed by atoms with E-state index in [0.717, 1.165) is 6.42 Å². The minimum atomic E-state index is -0.270. The minimum Gasteiger partial charge on any atom is -0.352 e. The predicted octanol–water partition coefficient (Wildman–Crippen LogP) is 3.34. The van der Waals surface area contributed by atoms with Crippen LogP contribution in [0.4, 0.5) is 4.39 Å². The molecule has 1 saturated carbocycles. The molecular weight excluding hydrogens is 279 g/mol. The van der Waals surface area contributed by atoms with Crippen LogP contribution in [0.2, 0.25) is 0 Å². The van der Waals surface area contributed by atoms with Crippen molar-refractivity contribution in [2.75, 3.05) is 7.05 Å². The topological polar surface area (TPSA) is 32.3 Å². The summed E-state index contributed by atoms with van der Waals surface area (Å²) in [4.78, 5) is 14.3. The first kappa shape index (κ1) is 16.9. The Hall–Kier alpha value is -1.42. The van der Waals surface area contributed by atoms with E-state index in [2.05, 4.69) is 12.2 Å². The van der Waals surface area contributed by atoms with Crippen LogP contribution in [0.15, 0.2) is 24.3 Å². The van der Waals surface area contributed by atoms with Crippen molar-refractivity contribution < 1.29 is 9.18 Å². The van der Waals surface area contributed by atoms with E-state index in [1.807, 2.05) is 24.9 Å². The van der Waals surface area contributed by atoms with Gasteiger partial charge in [0.15, 0.2) is 0 Å². The van der Waals surface area contributed by atoms with Crippen molar-refractivity contribution in [1.29, 1.82) is 0 Å². The molecule has 0 spiro atoms. The third-order valence-electron chi connectivity index (χ3n) is 4.86. The summed E-state index contributed by atoms with van der Waals surface area (Å²) in [5.41, 5.74) is 0.621. The van der Waals surface area contributed by atoms with Gasteiger partial charge in [-0.05, 0) is 38.8 Å². The van der Waals surface area contributed by atoms with Crippen LogP contribution in [-0.2, 0) is 11.3 Å². The van der Waals surface area contributed by atoms with E-state index in [1.165, 1.54) is 25.3 Å². The highest BCUT2D eigenvalue weighted by molar-refractivity contribution is 5.81. The molecule has 3 nitrogen and oxygen atoms in total. The summed E-state index contributed by atoms with van der Waals surface area (Å²) >= 11 is 0. The molecule has 1 aromatic rings. The maximum atomic E-state index is 13.7. The summed E-state index contributed by atoms with van der Waals surface area (Å²) in [6, 6.07) is 6.73. The van der Waals surface area contributed by atoms with Gasteiger partial charge in [0.05, 0.1) is 6.04 Å². The largest absolute Gasteiger partial charge is 0.352 e. The summed E-state index contributed by atoms with van der Waals surface area (Å²) in [6.45, 7) is 4.52. The molecule has 0 aromatic heterocycles. The molecule has 1 amide bonds. The molecule has 3 unspecified atom stereocenters. The van der Waals surface area contributed by atoms with Gasteiger partial charge in [0.2, 0.25) is 5.91 Å². The summed E-state index contributed by atoms with van der Waals surface area (Å²) in [5, 5.41) is 3.18. The normalized spacial score (nSPS) is 23.3. The number of hydrogen-bond donors (Lipinski definition) is 1. The zero-order valence-electron chi connectivity index (χ0n) is 13.8. The smallest absolute Gasteiger partial charge is 0.237 e. The summed E-state index contributed by atoms with van der Waals surface area (Å²) < 4.78 is 13.7. The fourth-order valence-electron chi connectivity index (χ4n) is 3.07. The second-order valence-electron chi connectivity index (χ2n) is 6.56. The minimum absolute atomic E-state index is 0.0394. The molecule has 0 aliphatic heterocycles. The molecule has 1 fully saturated rings. The number of carbonyl (C=O) groups excluding carboxylic acids is 1. The Kier molecular flexibility index (Phi) is 5.95. The fourth-order valence-corrected chi connectivity index (χ4v) is 3.07. The second-order valence-corrected chi connectivity index (χ2v) is 6.56. The first-order valence-electron chi connectivity index (χ1n) is 8.23. The van der Waals surface area contributed by atoms with Crippen LogP contribution in [0, 0.1) is 11.7 Å². The van der Waals surface area contributed by atoms with Crippen molar-refractivity contribution >= 4 is 5.91 Å². The number of benzene rings is 1. The number of carbonyl (C=O) groups is 1. The van der Waals surface area contributed by atoms with Gasteiger partial charge < -0.3 is 5.32 Å². The Morgan fingerprint density at radius 1 is 1.36 bits per heavy atom. The van der Waals surface area contributed by atoms with Gasteiger partial charge in [0.25, 0.3) is 0 Å². The quantitative estimate of drug-likeness (QED) is 0.905. The highest BCUT2D eigenvalue weighted by Crippen LogP contribution is 2.24. The molecule has 1 N–H and O–H groups in total. The second kappa shape index (κ2) is 7.73. The van der Waals surface area contributed by atoms with Crippen LogP contribution in [0.1, 0.15) is 45.1 Å². The van der Waals surface area contributed by atoms with E-state index in [0.29, 0.717) is 18.0 Å². The maximum absolute atomic E-state index is 13.7. The van der Waals surface area contributed by atoms with Crippen molar-refractivity contribution in [2.45, 2.75) is 58.2 Å². The Balaban J connectivity index is 1.90. The fraction of sp³-hybridized carbons (Fsp3) is 0.611. The van der Waals surface area contributed by atoms with Crippen LogP contribution >= 0.6 is 0 Å². The lowest BCUT2D eigenvalue weighted by molar-refractivity contribution is -0.126. The Bertz CT molecular complexity index is 506. The standard InChI is InChI=1S/C18H27FN2O/c1-13-8-4-7-11-17(13)20-18(22)14(2)21(3)12-15-9-5-6-10-16(15)19/h5-6,9-10,13-14,17H,4,7-8,11-12H2,1-3H3,(H,20,22). The summed E-state index contributed by atoms with van der Waals surface area (Å²) in [6.07, 6.45) is 4.70. The molecule has 0 saturated heterocycles. The Morgan fingerprint density at radius 2 is 2.05 bits per heavy atom. The van der Waals surface area contributed by atoms with Crippen LogP contribution in [0.3, 0.4) is 0 Å². The molecule has 2 rings (SSSR count). The SMILES string of the molecule is CC1CCCCC1NC(=O)C(C)N(C)Cc1ccccc1F. The van der Waals surface area contributed by atoms with Gasteiger partial charge in [0.1, 0.15) is 5.82 Å². The van der Waals surface area contributed by atoms with Crippen molar-refractivity contribution in [1.82, 2.24) is 10.2 Å². The lowest BCUT2D eigenvalue weighted by Gasteiger charge is -2.32. The highest BCUT2D eigenvalue weighted by Gasteiger charge is 2.26. The van der Waals surface area contributed by atoms with Gasteiger partial charge in [-0.25, -0.2) is 4.39 Å². The average molecular weight is 306 g/mol. The molecule has 1 aliphatic rings. The van der Waals surface area contributed by atoms with E-state index in [4.69, 9.17) is 0 Å². The maximum Gasteiger partial charge on any atom is 0.237 e. The zero-order chi connectivity index (χ0) is 16.1. The van der Waals surface area contributed by atoms with Crippen LogP contribution in [0.5, 0.6) is 0 Å². The Labute approximate surface area is 132 Å². The van der Waals surface area contributed by atoms with Crippen molar-refractivity contribution in [3.8, 4) is 0 Å². The molecular formula is C18H27FN2O. The molecule has 0 heterocycles. The van der Waals surface area contributed by atoms with Crippen molar-refractivity contribution in [3.63, 3.8) is 0 Å². The predicted molar refractivity (Wildman–Crippen MR) is 86.9 cm³/mol. The van der Waals surface area contributed by atoms with Gasteiger partial charge in [-0.15, -0.1) is 0 Å². The van der Waals surface area contributed by atoms with E-state index in [9.17, 15) is 9.18 Å². The molecule has 0 bridgehead atoms. The van der Waals surface area contributed by atoms with Crippen LogP contribution < -0.4 is 5.32 Å². The Morgan fingerprint density at radius 3 is 2.73 bits per heavy atom. The zero-order valence-corrected chi connectivity index (χ0v) is 13.8. The third-order valence-corrected chi connectivity index (χ3v) is 4.86. The van der Waals surface area contributed by atoms with E-state index < -0.39 is 0 Å². The molecule has 22 heavy (non-hydrogen) atoms. The van der Waals surface area contributed by atoms with E-state index in [1.54, 1.807) is 12.1 Å². The number of hydrogen-bond acceptors (Lipinski definition) is 2. The third kappa shape index (κ3) is 4.29. The lowest BCUT2D eigenvalue weighted by Crippen LogP contribution is -2.49. The first-order chi connectivity index (χ1) is 10.5. The number of amides is 1. The number of nitrogens with zero attached hydrogens (tertiary/aromatic N) is 1. The average Bonchev–Trinajstić information content (AvgIpc) is 2.51. The molecule has 0 radical (unpaired) electrons. The van der Waals surface area contributed by atoms with Gasteiger partial charge in [-0.3, -0.25) is 9.69 Å². The van der Waals surface area contributed by atoms with Crippen molar-refractivity contribution in [3.05, 3.63) is 35.6 Å². The van der Waals surface area contributed by atoms with Gasteiger partial charge in [-0.1, -0.05) is 38.0 Å². The first-order valence-corrected chi connectivity index (χ1v) is 8.23. The van der Waals surface area contributed by atoms with Gasteiger partial charge >= 0.3 is 0 Å². The van der Waals surface area contributed by atoms with Crippen LogP contribution in [-0.4, -0.2) is 29.9 Å². The van der Waals surface area contributed by atoms with E-state index in [-0.39, 0.29) is 23.8 Å². The monoisotopic (exact) mass is 306 g/mol. The van der Waals surface area contributed by atoms with Crippen molar-refractivity contribution in [2.24, 2.45) is 5.92 Å².